The molecule has 1 fully saturated rings. The third-order valence-electron chi connectivity index (χ3n) is 4.38. The molecule has 1 N–H and O–H groups in total. The van der Waals surface area contributed by atoms with Gasteiger partial charge in [-0.1, -0.05) is 12.1 Å². The molecule has 6 nitrogen and oxygen atoms in total. The highest BCUT2D eigenvalue weighted by atomic mass is 16.1. The van der Waals surface area contributed by atoms with Crippen LogP contribution in [0, 0.1) is 11.3 Å². The molecule has 1 atom stereocenters. The Morgan fingerprint density at radius 2 is 2.12 bits per heavy atom. The van der Waals surface area contributed by atoms with E-state index >= 15 is 0 Å². The Balaban J connectivity index is 1.81. The van der Waals surface area contributed by atoms with Gasteiger partial charge in [0.25, 0.3) is 5.56 Å². The first kappa shape index (κ1) is 14.4. The predicted molar refractivity (Wildman–Crippen MR) is 90.6 cm³/mol. The van der Waals surface area contributed by atoms with Crippen molar-refractivity contribution in [3.8, 4) is 6.07 Å². The highest BCUT2D eigenvalue weighted by molar-refractivity contribution is 5.77. The van der Waals surface area contributed by atoms with Crippen LogP contribution in [0.5, 0.6) is 0 Å². The van der Waals surface area contributed by atoms with Gasteiger partial charge >= 0.3 is 0 Å². The molecule has 0 bridgehead atoms. The molecule has 0 radical (unpaired) electrons. The van der Waals surface area contributed by atoms with E-state index < -0.39 is 0 Å². The second-order valence-electron chi connectivity index (χ2n) is 5.81. The second-order valence-corrected chi connectivity index (χ2v) is 5.81. The van der Waals surface area contributed by atoms with Crippen molar-refractivity contribution in [2.24, 2.45) is 0 Å². The summed E-state index contributed by atoms with van der Waals surface area (Å²) in [6.45, 7) is 0.785. The van der Waals surface area contributed by atoms with E-state index in [0.29, 0.717) is 28.1 Å². The van der Waals surface area contributed by atoms with E-state index in [0.717, 1.165) is 19.4 Å². The normalized spacial score (nSPS) is 17.1. The average Bonchev–Trinajstić information content (AvgIpc) is 3.11. The summed E-state index contributed by atoms with van der Waals surface area (Å²) in [5, 5.41) is 9.92. The topological polar surface area (TPSA) is 85.7 Å². The third-order valence-corrected chi connectivity index (χ3v) is 4.38. The minimum atomic E-state index is -0.135. The monoisotopic (exact) mass is 317 g/mol. The van der Waals surface area contributed by atoms with E-state index in [1.165, 1.54) is 0 Å². The van der Waals surface area contributed by atoms with Crippen molar-refractivity contribution in [1.29, 1.82) is 5.26 Å². The number of benzene rings is 1. The van der Waals surface area contributed by atoms with Gasteiger partial charge in [0.05, 0.1) is 22.5 Å². The second kappa shape index (κ2) is 5.78. The van der Waals surface area contributed by atoms with E-state index in [1.807, 2.05) is 18.2 Å². The van der Waals surface area contributed by atoms with Crippen molar-refractivity contribution >= 4 is 16.7 Å². The Morgan fingerprint density at radius 1 is 1.25 bits per heavy atom. The Kier molecular flexibility index (Phi) is 3.47. The molecule has 1 aliphatic rings. The van der Waals surface area contributed by atoms with Gasteiger partial charge in [-0.2, -0.15) is 5.26 Å². The van der Waals surface area contributed by atoms with E-state index in [9.17, 15) is 10.1 Å². The van der Waals surface area contributed by atoms with Gasteiger partial charge in [0.2, 0.25) is 0 Å². The summed E-state index contributed by atoms with van der Waals surface area (Å²) in [6, 6.07) is 12.9. The summed E-state index contributed by atoms with van der Waals surface area (Å²) in [5.41, 5.74) is 1.08. The molecule has 0 saturated carbocycles. The zero-order chi connectivity index (χ0) is 16.5. The van der Waals surface area contributed by atoms with Crippen molar-refractivity contribution in [3.63, 3.8) is 0 Å². The number of hydrogen-bond acceptors (Lipinski definition) is 5. The smallest absolute Gasteiger partial charge is 0.258 e. The number of fused-ring (bicyclic) bond motifs is 1. The van der Waals surface area contributed by atoms with Gasteiger partial charge in [-0.25, -0.2) is 9.97 Å². The number of nitrogens with one attached hydrogen (secondary N) is 1. The maximum absolute atomic E-state index is 12.3. The number of aromatic amines is 1. The standard InChI is InChI=1S/C18H15N5O/c19-11-12-5-3-9-20-17(12)23-10-4-8-15(23)16-21-14-7-2-1-6-13(14)18(24)22-16/h1-3,5-7,9,15H,4,8,10H2,(H,21,22,24). The third kappa shape index (κ3) is 2.31. The van der Waals surface area contributed by atoms with Gasteiger partial charge in [-0.15, -0.1) is 0 Å². The number of anilines is 1. The number of nitriles is 1. The van der Waals surface area contributed by atoms with Crippen LogP contribution in [0.1, 0.15) is 30.3 Å². The van der Waals surface area contributed by atoms with Crippen LogP contribution in [-0.2, 0) is 0 Å². The lowest BCUT2D eigenvalue weighted by molar-refractivity contribution is 0.661. The van der Waals surface area contributed by atoms with E-state index in [4.69, 9.17) is 0 Å². The molecule has 118 valence electrons. The molecule has 0 aliphatic carbocycles. The van der Waals surface area contributed by atoms with E-state index in [-0.39, 0.29) is 11.6 Å². The van der Waals surface area contributed by atoms with Gasteiger partial charge in [0.1, 0.15) is 17.7 Å². The van der Waals surface area contributed by atoms with E-state index in [2.05, 4.69) is 25.9 Å². The molecule has 1 aliphatic heterocycles. The summed E-state index contributed by atoms with van der Waals surface area (Å²) in [6.07, 6.45) is 3.51. The van der Waals surface area contributed by atoms with Gasteiger partial charge in [0, 0.05) is 12.7 Å². The van der Waals surface area contributed by atoms with Crippen molar-refractivity contribution in [1.82, 2.24) is 15.0 Å². The molecule has 3 heterocycles. The maximum Gasteiger partial charge on any atom is 0.258 e. The Bertz CT molecular complexity index is 1000. The number of pyridine rings is 1. The van der Waals surface area contributed by atoms with Crippen LogP contribution < -0.4 is 10.5 Å². The fourth-order valence-corrected chi connectivity index (χ4v) is 3.28. The summed E-state index contributed by atoms with van der Waals surface area (Å²) in [7, 11) is 0. The number of rotatable bonds is 2. The zero-order valence-electron chi connectivity index (χ0n) is 12.9. The SMILES string of the molecule is N#Cc1cccnc1N1CCCC1c1nc2ccccc2c(=O)[nH]1. The number of para-hydroxylation sites is 1. The van der Waals surface area contributed by atoms with Crippen molar-refractivity contribution in [3.05, 3.63) is 64.3 Å². The quantitative estimate of drug-likeness (QED) is 0.785. The molecule has 0 amide bonds. The lowest BCUT2D eigenvalue weighted by Crippen LogP contribution is -2.27. The molecular formula is C18H15N5O. The van der Waals surface area contributed by atoms with Crippen LogP contribution in [0.15, 0.2) is 47.4 Å². The van der Waals surface area contributed by atoms with Gasteiger partial charge < -0.3 is 9.88 Å². The minimum Gasteiger partial charge on any atom is -0.345 e. The van der Waals surface area contributed by atoms with Crippen LogP contribution in [0.3, 0.4) is 0 Å². The minimum absolute atomic E-state index is 0.0793. The Hall–Kier alpha value is -3.20. The number of hydrogen-bond donors (Lipinski definition) is 1. The summed E-state index contributed by atoms with van der Waals surface area (Å²) < 4.78 is 0. The number of nitrogens with zero attached hydrogens (tertiary/aromatic N) is 4. The molecule has 1 aromatic carbocycles. The molecule has 0 spiro atoms. The fraction of sp³-hybridized carbons (Fsp3) is 0.222. The van der Waals surface area contributed by atoms with Gasteiger partial charge in [-0.3, -0.25) is 4.79 Å². The first-order valence-electron chi connectivity index (χ1n) is 7.88. The number of H-pyrrole nitrogens is 1. The molecule has 1 unspecified atom stereocenters. The van der Waals surface area contributed by atoms with Crippen LogP contribution in [-0.4, -0.2) is 21.5 Å². The maximum atomic E-state index is 12.3. The van der Waals surface area contributed by atoms with Gasteiger partial charge in [0.15, 0.2) is 0 Å². The first-order chi connectivity index (χ1) is 11.8. The summed E-state index contributed by atoms with van der Waals surface area (Å²) in [4.78, 5) is 26.3. The summed E-state index contributed by atoms with van der Waals surface area (Å²) in [5.74, 6) is 1.28. The summed E-state index contributed by atoms with van der Waals surface area (Å²) >= 11 is 0. The fourth-order valence-electron chi connectivity index (χ4n) is 3.28. The van der Waals surface area contributed by atoms with Crippen molar-refractivity contribution in [2.75, 3.05) is 11.4 Å². The molecule has 4 rings (SSSR count). The molecule has 2 aromatic heterocycles. The molecule has 3 aromatic rings. The van der Waals surface area contributed by atoms with E-state index in [1.54, 1.807) is 24.4 Å². The predicted octanol–water partition coefficient (Wildman–Crippen LogP) is 2.53. The molecule has 1 saturated heterocycles. The van der Waals surface area contributed by atoms with Crippen LogP contribution in [0.25, 0.3) is 10.9 Å². The molecule has 24 heavy (non-hydrogen) atoms. The molecular weight excluding hydrogens is 302 g/mol. The number of aromatic nitrogens is 3. The lowest BCUT2D eigenvalue weighted by atomic mass is 10.1. The Morgan fingerprint density at radius 3 is 3.00 bits per heavy atom. The lowest BCUT2D eigenvalue weighted by Gasteiger charge is -2.25. The van der Waals surface area contributed by atoms with Crippen LogP contribution in [0.4, 0.5) is 5.82 Å². The highest BCUT2D eigenvalue weighted by Gasteiger charge is 2.30. The highest BCUT2D eigenvalue weighted by Crippen LogP contribution is 2.34. The van der Waals surface area contributed by atoms with Crippen LogP contribution >= 0.6 is 0 Å². The average molecular weight is 317 g/mol. The zero-order valence-corrected chi connectivity index (χ0v) is 12.9. The first-order valence-corrected chi connectivity index (χ1v) is 7.88. The van der Waals surface area contributed by atoms with Crippen molar-refractivity contribution < 1.29 is 0 Å². The van der Waals surface area contributed by atoms with Gasteiger partial charge in [-0.05, 0) is 37.1 Å². The van der Waals surface area contributed by atoms with Crippen LogP contribution in [0.2, 0.25) is 0 Å². The van der Waals surface area contributed by atoms with Crippen molar-refractivity contribution in [2.45, 2.75) is 18.9 Å². The molecule has 6 heteroatoms. The Labute approximate surface area is 138 Å². The largest absolute Gasteiger partial charge is 0.345 e.